The van der Waals surface area contributed by atoms with Crippen LogP contribution in [0.15, 0.2) is 22.7 Å². The molecule has 0 spiro atoms. The fourth-order valence-electron chi connectivity index (χ4n) is 2.91. The number of carbonyl (C=O) groups is 1. The molecule has 2 heterocycles. The third-order valence-electron chi connectivity index (χ3n) is 4.07. The first-order valence-corrected chi connectivity index (χ1v) is 7.72. The quantitative estimate of drug-likeness (QED) is 0.714. The third kappa shape index (κ3) is 2.88. The molecule has 0 amide bonds. The van der Waals surface area contributed by atoms with Crippen LogP contribution in [-0.4, -0.2) is 35.1 Å². The first kappa shape index (κ1) is 16.8. The van der Waals surface area contributed by atoms with Crippen LogP contribution in [0, 0.1) is 13.8 Å². The van der Waals surface area contributed by atoms with Crippen LogP contribution in [0.3, 0.4) is 0 Å². The molecule has 0 atom stereocenters. The Balaban J connectivity index is 2.01. The highest BCUT2D eigenvalue weighted by atomic mass is 16.5. The van der Waals surface area contributed by atoms with Crippen molar-refractivity contribution in [1.29, 1.82) is 0 Å². The number of aromatic amines is 1. The van der Waals surface area contributed by atoms with Crippen LogP contribution in [0.2, 0.25) is 0 Å². The number of Topliss-reactive ketones (excluding diaryl/α,β-unsaturated/α-hetero) is 1. The van der Waals surface area contributed by atoms with E-state index in [9.17, 15) is 4.79 Å². The van der Waals surface area contributed by atoms with E-state index < -0.39 is 0 Å². The average molecular weight is 341 g/mol. The fourth-order valence-corrected chi connectivity index (χ4v) is 2.91. The smallest absolute Gasteiger partial charge is 0.274 e. The van der Waals surface area contributed by atoms with Gasteiger partial charge in [0, 0.05) is 16.8 Å². The number of methoxy groups -OCH3 is 2. The van der Waals surface area contributed by atoms with Crippen molar-refractivity contribution in [3.05, 3.63) is 35.0 Å². The summed E-state index contributed by atoms with van der Waals surface area (Å²) in [5.41, 5.74) is 3.63. The van der Waals surface area contributed by atoms with E-state index in [4.69, 9.17) is 14.0 Å². The zero-order valence-corrected chi connectivity index (χ0v) is 14.8. The fraction of sp³-hybridized carbons (Fsp3) is 0.278. The van der Waals surface area contributed by atoms with Gasteiger partial charge < -0.3 is 19.0 Å². The van der Waals surface area contributed by atoms with Gasteiger partial charge in [-0.3, -0.25) is 4.79 Å². The molecule has 3 rings (SSSR count). The predicted molar refractivity (Wildman–Crippen MR) is 92.1 cm³/mol. The zero-order chi connectivity index (χ0) is 18.1. The number of ether oxygens (including phenoxy) is 2. The molecule has 0 saturated heterocycles. The molecule has 0 unspecified atom stereocenters. The van der Waals surface area contributed by atoms with Gasteiger partial charge in [-0.25, -0.2) is 0 Å². The largest absolute Gasteiger partial charge is 0.493 e. The van der Waals surface area contributed by atoms with Gasteiger partial charge in [-0.15, -0.1) is 0 Å². The van der Waals surface area contributed by atoms with Gasteiger partial charge in [0.05, 0.1) is 14.2 Å². The van der Waals surface area contributed by atoms with E-state index in [1.165, 1.54) is 6.92 Å². The van der Waals surface area contributed by atoms with Gasteiger partial charge in [-0.2, -0.15) is 4.98 Å². The number of hydrogen-bond acceptors (Lipinski definition) is 6. The molecule has 7 heteroatoms. The van der Waals surface area contributed by atoms with Crippen LogP contribution in [0.4, 0.5) is 0 Å². The normalized spacial score (nSPS) is 10.8. The number of H-pyrrole nitrogens is 1. The van der Waals surface area contributed by atoms with E-state index in [2.05, 4.69) is 15.1 Å². The standard InChI is InChI=1S/C18H19N3O4/c1-9-15(11(3)22)10(2)19-16(9)18-20-17(21-25-18)12-6-7-13(23-4)14(8-12)24-5/h6-8,19H,1-5H3. The Bertz CT molecular complexity index is 940. The maximum atomic E-state index is 11.8. The molecular weight excluding hydrogens is 322 g/mol. The minimum Gasteiger partial charge on any atom is -0.493 e. The van der Waals surface area contributed by atoms with E-state index in [0.29, 0.717) is 34.5 Å². The summed E-state index contributed by atoms with van der Waals surface area (Å²) >= 11 is 0. The molecule has 1 aromatic carbocycles. The lowest BCUT2D eigenvalue weighted by Gasteiger charge is -2.07. The first-order valence-electron chi connectivity index (χ1n) is 7.72. The highest BCUT2D eigenvalue weighted by Gasteiger charge is 2.21. The van der Waals surface area contributed by atoms with Crippen molar-refractivity contribution < 1.29 is 18.8 Å². The Hall–Kier alpha value is -3.09. The Morgan fingerprint density at radius 2 is 1.88 bits per heavy atom. The van der Waals surface area contributed by atoms with Crippen LogP contribution in [0.25, 0.3) is 23.0 Å². The molecule has 0 aliphatic carbocycles. The summed E-state index contributed by atoms with van der Waals surface area (Å²) in [7, 11) is 3.14. The summed E-state index contributed by atoms with van der Waals surface area (Å²) in [6, 6.07) is 5.38. The molecule has 0 fully saturated rings. The van der Waals surface area contributed by atoms with Crippen molar-refractivity contribution in [2.75, 3.05) is 14.2 Å². The summed E-state index contributed by atoms with van der Waals surface area (Å²) in [4.78, 5) is 19.4. The van der Waals surface area contributed by atoms with Gasteiger partial charge in [0.1, 0.15) is 5.69 Å². The number of benzene rings is 1. The lowest BCUT2D eigenvalue weighted by molar-refractivity contribution is 0.101. The molecule has 25 heavy (non-hydrogen) atoms. The van der Waals surface area contributed by atoms with Crippen LogP contribution in [0.1, 0.15) is 28.5 Å². The second-order valence-corrected chi connectivity index (χ2v) is 5.67. The highest BCUT2D eigenvalue weighted by Crippen LogP contribution is 2.33. The maximum absolute atomic E-state index is 11.8. The summed E-state index contributed by atoms with van der Waals surface area (Å²) < 4.78 is 15.9. The molecule has 3 aromatic rings. The first-order chi connectivity index (χ1) is 12.0. The maximum Gasteiger partial charge on any atom is 0.274 e. The predicted octanol–water partition coefficient (Wildman–Crippen LogP) is 3.57. The third-order valence-corrected chi connectivity index (χ3v) is 4.07. The van der Waals surface area contributed by atoms with Crippen molar-refractivity contribution in [1.82, 2.24) is 15.1 Å². The lowest BCUT2D eigenvalue weighted by Crippen LogP contribution is -1.94. The van der Waals surface area contributed by atoms with E-state index in [1.54, 1.807) is 26.4 Å². The summed E-state index contributed by atoms with van der Waals surface area (Å²) in [5, 5.41) is 4.03. The molecule has 0 aliphatic heterocycles. The summed E-state index contributed by atoms with van der Waals surface area (Å²) in [5.74, 6) is 1.95. The number of ketones is 1. The van der Waals surface area contributed by atoms with Crippen molar-refractivity contribution in [2.45, 2.75) is 20.8 Å². The van der Waals surface area contributed by atoms with Crippen molar-refractivity contribution >= 4 is 5.78 Å². The average Bonchev–Trinajstić information content (AvgIpc) is 3.18. The Morgan fingerprint density at radius 3 is 2.48 bits per heavy atom. The molecule has 7 nitrogen and oxygen atoms in total. The minimum absolute atomic E-state index is 0.00266. The van der Waals surface area contributed by atoms with Gasteiger partial charge in [0.15, 0.2) is 17.3 Å². The van der Waals surface area contributed by atoms with Crippen molar-refractivity contribution in [2.24, 2.45) is 0 Å². The number of rotatable bonds is 5. The monoisotopic (exact) mass is 341 g/mol. The zero-order valence-electron chi connectivity index (χ0n) is 14.8. The number of carbonyl (C=O) groups excluding carboxylic acids is 1. The van der Waals surface area contributed by atoms with Crippen LogP contribution >= 0.6 is 0 Å². The molecule has 0 saturated carbocycles. The molecule has 2 aromatic heterocycles. The molecular formula is C18H19N3O4. The van der Waals surface area contributed by atoms with E-state index in [1.807, 2.05) is 19.9 Å². The van der Waals surface area contributed by atoms with Crippen molar-refractivity contribution in [3.8, 4) is 34.5 Å². The molecule has 0 radical (unpaired) electrons. The molecule has 1 N–H and O–H groups in total. The van der Waals surface area contributed by atoms with E-state index in [-0.39, 0.29) is 5.78 Å². The second kappa shape index (κ2) is 6.43. The summed E-state index contributed by atoms with van der Waals surface area (Å²) in [6.07, 6.45) is 0. The van der Waals surface area contributed by atoms with Gasteiger partial charge in [0.2, 0.25) is 5.82 Å². The Morgan fingerprint density at radius 1 is 1.16 bits per heavy atom. The molecule has 0 bridgehead atoms. The van der Waals surface area contributed by atoms with Crippen molar-refractivity contribution in [3.63, 3.8) is 0 Å². The molecule has 130 valence electrons. The minimum atomic E-state index is -0.00266. The number of nitrogens with one attached hydrogen (secondary N) is 1. The van der Waals surface area contributed by atoms with Crippen LogP contribution in [0.5, 0.6) is 11.5 Å². The van der Waals surface area contributed by atoms with E-state index >= 15 is 0 Å². The SMILES string of the molecule is COc1ccc(-c2noc(-c3[nH]c(C)c(C(C)=O)c3C)n2)cc1OC. The highest BCUT2D eigenvalue weighted by molar-refractivity contribution is 5.98. The molecule has 0 aliphatic rings. The van der Waals surface area contributed by atoms with Gasteiger partial charge in [0.25, 0.3) is 5.89 Å². The number of hydrogen-bond donors (Lipinski definition) is 1. The number of aryl methyl sites for hydroxylation is 1. The van der Waals surface area contributed by atoms with Gasteiger partial charge >= 0.3 is 0 Å². The van der Waals surface area contributed by atoms with Gasteiger partial charge in [-0.1, -0.05) is 5.16 Å². The number of aromatic nitrogens is 3. The number of nitrogens with zero attached hydrogens (tertiary/aromatic N) is 2. The Kier molecular flexibility index (Phi) is 4.31. The lowest BCUT2D eigenvalue weighted by atomic mass is 10.1. The Labute approximate surface area is 145 Å². The second-order valence-electron chi connectivity index (χ2n) is 5.67. The summed E-state index contributed by atoms with van der Waals surface area (Å²) in [6.45, 7) is 5.24. The van der Waals surface area contributed by atoms with Gasteiger partial charge in [-0.05, 0) is 44.5 Å². The van der Waals surface area contributed by atoms with E-state index in [0.717, 1.165) is 16.8 Å². The van der Waals surface area contributed by atoms with Crippen LogP contribution in [-0.2, 0) is 0 Å². The van der Waals surface area contributed by atoms with Crippen LogP contribution < -0.4 is 9.47 Å². The topological polar surface area (TPSA) is 90.2 Å².